The van der Waals surface area contributed by atoms with Crippen LogP contribution >= 0.6 is 11.6 Å². The standard InChI is InChI=1S/C22H31ClN6O/c1-14-2-3-16(8-18(14)23)19-26-10-17(11-27-21(30)22(13-25)5-6-22)20(28-19)29-7-4-15(9-24)12-29/h2-3,8,15,17,19-20,26,28H,4-7,9-12,24H2,1H3,(H,27,30)/t15-,17?,19?,20?/m1/s1. The van der Waals surface area contributed by atoms with Gasteiger partial charge in [0.05, 0.1) is 18.4 Å². The minimum Gasteiger partial charge on any atom is -0.354 e. The summed E-state index contributed by atoms with van der Waals surface area (Å²) in [5.41, 5.74) is 7.29. The van der Waals surface area contributed by atoms with Crippen LogP contribution in [0.2, 0.25) is 5.02 Å². The van der Waals surface area contributed by atoms with Gasteiger partial charge in [0.15, 0.2) is 0 Å². The van der Waals surface area contributed by atoms with Crippen molar-refractivity contribution < 1.29 is 4.79 Å². The van der Waals surface area contributed by atoms with Gasteiger partial charge in [0.25, 0.3) is 0 Å². The van der Waals surface area contributed by atoms with Crippen molar-refractivity contribution in [3.63, 3.8) is 0 Å². The lowest BCUT2D eigenvalue weighted by Gasteiger charge is -2.43. The number of carbonyl (C=O) groups excluding carboxylic acids is 1. The van der Waals surface area contributed by atoms with E-state index >= 15 is 0 Å². The number of likely N-dealkylation sites (tertiary alicyclic amines) is 1. The molecule has 3 aliphatic rings. The first kappa shape index (κ1) is 21.5. The number of nitrogens with one attached hydrogen (secondary N) is 3. The lowest BCUT2D eigenvalue weighted by Crippen LogP contribution is -2.62. The number of carbonyl (C=O) groups is 1. The quantitative estimate of drug-likeness (QED) is 0.544. The summed E-state index contributed by atoms with van der Waals surface area (Å²) in [4.78, 5) is 14.9. The molecule has 3 fully saturated rings. The Morgan fingerprint density at radius 1 is 1.47 bits per heavy atom. The van der Waals surface area contributed by atoms with Crippen LogP contribution in [0, 0.1) is 35.5 Å². The average molecular weight is 431 g/mol. The SMILES string of the molecule is Cc1ccc(C2NCC(CNC(=O)C3(C#N)CC3)C(N3CC[C@H](CN)C3)N2)cc1Cl. The van der Waals surface area contributed by atoms with Gasteiger partial charge in [-0.3, -0.25) is 20.3 Å². The molecule has 4 rings (SSSR count). The summed E-state index contributed by atoms with van der Waals surface area (Å²) in [6.07, 6.45) is 2.54. The molecule has 0 spiro atoms. The van der Waals surface area contributed by atoms with Crippen LogP contribution in [0.1, 0.15) is 36.6 Å². The second-order valence-corrected chi connectivity index (χ2v) is 9.42. The molecule has 5 N–H and O–H groups in total. The molecule has 4 atom stereocenters. The van der Waals surface area contributed by atoms with Crippen molar-refractivity contribution in [1.82, 2.24) is 20.9 Å². The van der Waals surface area contributed by atoms with Crippen LogP contribution in [0.15, 0.2) is 18.2 Å². The Labute approximate surface area is 183 Å². The molecule has 1 amide bonds. The first-order valence-electron chi connectivity index (χ1n) is 10.8. The topological polar surface area (TPSA) is 106 Å². The molecule has 2 heterocycles. The molecule has 0 radical (unpaired) electrons. The number of hydrogen-bond acceptors (Lipinski definition) is 6. The van der Waals surface area contributed by atoms with Gasteiger partial charge in [-0.2, -0.15) is 5.26 Å². The summed E-state index contributed by atoms with van der Waals surface area (Å²) < 4.78 is 0. The fourth-order valence-electron chi connectivity index (χ4n) is 4.55. The van der Waals surface area contributed by atoms with E-state index in [1.807, 2.05) is 19.1 Å². The van der Waals surface area contributed by atoms with Crippen molar-refractivity contribution in [1.29, 1.82) is 5.26 Å². The fraction of sp³-hybridized carbons (Fsp3) is 0.636. The molecule has 162 valence electrons. The molecular weight excluding hydrogens is 400 g/mol. The summed E-state index contributed by atoms with van der Waals surface area (Å²) in [6.45, 7) is 5.95. The lowest BCUT2D eigenvalue weighted by atomic mass is 9.98. The maximum absolute atomic E-state index is 12.5. The van der Waals surface area contributed by atoms with E-state index in [2.05, 4.69) is 33.0 Å². The third-order valence-electron chi connectivity index (χ3n) is 6.86. The Kier molecular flexibility index (Phi) is 6.33. The minimum absolute atomic E-state index is 0.00846. The Morgan fingerprint density at radius 3 is 2.90 bits per heavy atom. The summed E-state index contributed by atoms with van der Waals surface area (Å²) in [5.74, 6) is 0.576. The van der Waals surface area contributed by atoms with Gasteiger partial charge in [-0.15, -0.1) is 0 Å². The van der Waals surface area contributed by atoms with Gasteiger partial charge in [-0.05, 0) is 55.8 Å². The third-order valence-corrected chi connectivity index (χ3v) is 7.27. The Balaban J connectivity index is 1.46. The molecule has 2 aliphatic heterocycles. The zero-order valence-corrected chi connectivity index (χ0v) is 18.2. The number of aryl methyl sites for hydroxylation is 1. The largest absolute Gasteiger partial charge is 0.354 e. The van der Waals surface area contributed by atoms with Crippen molar-refractivity contribution in [3.05, 3.63) is 34.3 Å². The van der Waals surface area contributed by atoms with E-state index in [4.69, 9.17) is 17.3 Å². The van der Waals surface area contributed by atoms with Crippen molar-refractivity contribution in [2.24, 2.45) is 23.0 Å². The Bertz CT molecular complexity index is 835. The maximum atomic E-state index is 12.5. The second-order valence-electron chi connectivity index (χ2n) is 9.01. The number of halogens is 1. The second kappa shape index (κ2) is 8.81. The first-order chi connectivity index (χ1) is 14.5. The fourth-order valence-corrected chi connectivity index (χ4v) is 4.74. The van der Waals surface area contributed by atoms with Gasteiger partial charge in [0.1, 0.15) is 5.41 Å². The number of amides is 1. The number of benzene rings is 1. The predicted molar refractivity (Wildman–Crippen MR) is 116 cm³/mol. The number of hydrogen-bond donors (Lipinski definition) is 4. The molecule has 1 aliphatic carbocycles. The summed E-state index contributed by atoms with van der Waals surface area (Å²) in [6, 6.07) is 8.33. The van der Waals surface area contributed by atoms with Crippen molar-refractivity contribution >= 4 is 17.5 Å². The van der Waals surface area contributed by atoms with Crippen molar-refractivity contribution in [2.75, 3.05) is 32.7 Å². The van der Waals surface area contributed by atoms with Crippen LogP contribution in [0.3, 0.4) is 0 Å². The molecular formula is C22H31ClN6O. The highest BCUT2D eigenvalue weighted by molar-refractivity contribution is 6.31. The highest BCUT2D eigenvalue weighted by Gasteiger charge is 2.51. The maximum Gasteiger partial charge on any atom is 0.240 e. The van der Waals surface area contributed by atoms with E-state index in [9.17, 15) is 10.1 Å². The smallest absolute Gasteiger partial charge is 0.240 e. The van der Waals surface area contributed by atoms with Crippen LogP contribution in [-0.2, 0) is 4.79 Å². The third kappa shape index (κ3) is 4.34. The first-order valence-corrected chi connectivity index (χ1v) is 11.2. The zero-order valence-electron chi connectivity index (χ0n) is 17.5. The highest BCUT2D eigenvalue weighted by Crippen LogP contribution is 2.45. The number of rotatable bonds is 6. The molecule has 1 aromatic carbocycles. The summed E-state index contributed by atoms with van der Waals surface area (Å²) >= 11 is 6.36. The molecule has 8 heteroatoms. The van der Waals surface area contributed by atoms with Gasteiger partial charge in [-0.1, -0.05) is 23.7 Å². The number of nitriles is 1. The molecule has 7 nitrogen and oxygen atoms in total. The highest BCUT2D eigenvalue weighted by atomic mass is 35.5. The Hall–Kier alpha value is -1.69. The summed E-state index contributed by atoms with van der Waals surface area (Å²) in [5, 5.41) is 20.4. The molecule has 2 saturated heterocycles. The van der Waals surface area contributed by atoms with Gasteiger partial charge in [-0.25, -0.2) is 0 Å². The number of nitrogens with two attached hydrogens (primary N) is 1. The molecule has 3 unspecified atom stereocenters. The molecule has 0 aromatic heterocycles. The molecule has 1 saturated carbocycles. The van der Waals surface area contributed by atoms with Crippen molar-refractivity contribution in [3.8, 4) is 6.07 Å². The van der Waals surface area contributed by atoms with E-state index in [-0.39, 0.29) is 24.2 Å². The zero-order chi connectivity index (χ0) is 21.3. The van der Waals surface area contributed by atoms with Crippen LogP contribution in [0.25, 0.3) is 0 Å². The van der Waals surface area contributed by atoms with Crippen LogP contribution < -0.4 is 21.7 Å². The van der Waals surface area contributed by atoms with E-state index in [1.165, 1.54) is 0 Å². The molecule has 30 heavy (non-hydrogen) atoms. The lowest BCUT2D eigenvalue weighted by molar-refractivity contribution is -0.124. The van der Waals surface area contributed by atoms with E-state index in [0.717, 1.165) is 42.2 Å². The normalized spacial score (nSPS) is 30.6. The molecule has 0 bridgehead atoms. The van der Waals surface area contributed by atoms with Crippen molar-refractivity contribution in [2.45, 2.75) is 38.5 Å². The minimum atomic E-state index is -0.787. The summed E-state index contributed by atoms with van der Waals surface area (Å²) in [7, 11) is 0. The monoisotopic (exact) mass is 430 g/mol. The van der Waals surface area contributed by atoms with Gasteiger partial charge >= 0.3 is 0 Å². The number of nitrogens with zero attached hydrogens (tertiary/aromatic N) is 2. The van der Waals surface area contributed by atoms with Crippen LogP contribution in [0.4, 0.5) is 0 Å². The van der Waals surface area contributed by atoms with E-state index in [0.29, 0.717) is 31.8 Å². The van der Waals surface area contributed by atoms with Crippen LogP contribution in [-0.4, -0.2) is 49.7 Å². The predicted octanol–water partition coefficient (Wildman–Crippen LogP) is 1.48. The van der Waals surface area contributed by atoms with E-state index in [1.54, 1.807) is 0 Å². The van der Waals surface area contributed by atoms with Gasteiger partial charge in [0.2, 0.25) is 5.91 Å². The van der Waals surface area contributed by atoms with Crippen LogP contribution in [0.5, 0.6) is 0 Å². The van der Waals surface area contributed by atoms with Gasteiger partial charge < -0.3 is 11.1 Å². The van der Waals surface area contributed by atoms with E-state index < -0.39 is 5.41 Å². The Morgan fingerprint density at radius 2 is 2.27 bits per heavy atom. The average Bonchev–Trinajstić information content (AvgIpc) is 3.43. The van der Waals surface area contributed by atoms with Gasteiger partial charge in [0, 0.05) is 37.1 Å². The molecule has 1 aromatic rings.